The molecule has 1 aliphatic heterocycles. The molecule has 7 nitrogen and oxygen atoms in total. The Bertz CT molecular complexity index is 685. The average molecular weight is 363 g/mol. The zero-order valence-electron chi connectivity index (χ0n) is 16.3. The van der Waals surface area contributed by atoms with Crippen molar-refractivity contribution in [3.05, 3.63) is 22.5 Å². The molecule has 0 unspecified atom stereocenters. The lowest BCUT2D eigenvalue weighted by Crippen LogP contribution is -2.40. The minimum atomic E-state index is -0.440. The van der Waals surface area contributed by atoms with Crippen molar-refractivity contribution in [2.45, 2.75) is 53.0 Å². The van der Waals surface area contributed by atoms with Crippen molar-refractivity contribution < 1.29 is 19.1 Å². The molecular formula is C19H29N3O4. The van der Waals surface area contributed by atoms with Crippen LogP contribution in [0.3, 0.4) is 0 Å². The first-order chi connectivity index (χ1) is 12.2. The summed E-state index contributed by atoms with van der Waals surface area (Å²) in [4.78, 5) is 41.4. The SMILES string of the molecule is COC(=O)c1c(C)[nH]c(C(=O)N2CCC(CC(=O)NC(C)C)CC2)c1C. The Labute approximate surface area is 154 Å². The van der Waals surface area contributed by atoms with E-state index in [1.54, 1.807) is 18.7 Å². The van der Waals surface area contributed by atoms with Crippen LogP contribution in [0.4, 0.5) is 0 Å². The standard InChI is InChI=1S/C19H29N3O4/c1-11(2)20-15(23)10-14-6-8-22(9-7-14)18(24)17-12(3)16(13(4)21-17)19(25)26-5/h11,14,21H,6-10H2,1-5H3,(H,20,23). The molecule has 7 heteroatoms. The second kappa shape index (κ2) is 8.38. The van der Waals surface area contributed by atoms with Crippen molar-refractivity contribution in [1.29, 1.82) is 0 Å². The summed E-state index contributed by atoms with van der Waals surface area (Å²) in [5.74, 6) is -0.172. The number of methoxy groups -OCH3 is 1. The second-order valence-electron chi connectivity index (χ2n) is 7.28. The van der Waals surface area contributed by atoms with Crippen LogP contribution < -0.4 is 5.32 Å². The fourth-order valence-electron chi connectivity index (χ4n) is 3.51. The molecule has 1 aliphatic rings. The van der Waals surface area contributed by atoms with Crippen molar-refractivity contribution in [1.82, 2.24) is 15.2 Å². The molecule has 0 spiro atoms. The number of rotatable bonds is 5. The number of aromatic nitrogens is 1. The molecule has 144 valence electrons. The Balaban J connectivity index is 1.99. The Hall–Kier alpha value is -2.31. The molecule has 1 aromatic heterocycles. The van der Waals surface area contributed by atoms with Gasteiger partial charge in [0, 0.05) is 31.2 Å². The predicted octanol–water partition coefficient (Wildman–Crippen LogP) is 2.19. The van der Waals surface area contributed by atoms with Gasteiger partial charge in [-0.15, -0.1) is 0 Å². The highest BCUT2D eigenvalue weighted by molar-refractivity contribution is 6.00. The minimum absolute atomic E-state index is 0.0725. The number of nitrogens with one attached hydrogen (secondary N) is 2. The highest BCUT2D eigenvalue weighted by atomic mass is 16.5. The lowest BCUT2D eigenvalue weighted by molar-refractivity contribution is -0.122. The van der Waals surface area contributed by atoms with Gasteiger partial charge in [-0.05, 0) is 52.0 Å². The molecule has 0 atom stereocenters. The number of H-pyrrole nitrogens is 1. The average Bonchev–Trinajstić information content (AvgIpc) is 2.88. The summed E-state index contributed by atoms with van der Waals surface area (Å²) >= 11 is 0. The van der Waals surface area contributed by atoms with E-state index < -0.39 is 5.97 Å². The number of carbonyl (C=O) groups excluding carboxylic acids is 3. The topological polar surface area (TPSA) is 91.5 Å². The van der Waals surface area contributed by atoms with Gasteiger partial charge in [0.05, 0.1) is 12.7 Å². The van der Waals surface area contributed by atoms with Crippen molar-refractivity contribution in [2.24, 2.45) is 5.92 Å². The van der Waals surface area contributed by atoms with Gasteiger partial charge in [0.25, 0.3) is 5.91 Å². The number of likely N-dealkylation sites (tertiary alicyclic amines) is 1. The van der Waals surface area contributed by atoms with Gasteiger partial charge < -0.3 is 19.9 Å². The van der Waals surface area contributed by atoms with Gasteiger partial charge >= 0.3 is 5.97 Å². The summed E-state index contributed by atoms with van der Waals surface area (Å²) in [6.45, 7) is 8.64. The van der Waals surface area contributed by atoms with Crippen LogP contribution in [0.5, 0.6) is 0 Å². The number of esters is 1. The number of ether oxygens (including phenoxy) is 1. The molecule has 2 heterocycles. The minimum Gasteiger partial charge on any atom is -0.465 e. The van der Waals surface area contributed by atoms with Crippen molar-refractivity contribution >= 4 is 17.8 Å². The van der Waals surface area contributed by atoms with Crippen molar-refractivity contribution in [3.63, 3.8) is 0 Å². The van der Waals surface area contributed by atoms with Crippen LogP contribution in [0.1, 0.15) is 65.2 Å². The second-order valence-corrected chi connectivity index (χ2v) is 7.28. The highest BCUT2D eigenvalue weighted by Crippen LogP contribution is 2.24. The number of hydrogen-bond acceptors (Lipinski definition) is 4. The number of hydrogen-bond donors (Lipinski definition) is 2. The Morgan fingerprint density at radius 3 is 2.38 bits per heavy atom. The normalized spacial score (nSPS) is 15.2. The first-order valence-corrected chi connectivity index (χ1v) is 9.10. The summed E-state index contributed by atoms with van der Waals surface area (Å²) in [6, 6.07) is 0.146. The first kappa shape index (κ1) is 20.0. The first-order valence-electron chi connectivity index (χ1n) is 9.10. The summed E-state index contributed by atoms with van der Waals surface area (Å²) in [6.07, 6.45) is 2.12. The molecule has 26 heavy (non-hydrogen) atoms. The lowest BCUT2D eigenvalue weighted by Gasteiger charge is -2.31. The number of nitrogens with zero attached hydrogens (tertiary/aromatic N) is 1. The molecule has 2 amide bonds. The van der Waals surface area contributed by atoms with E-state index in [0.717, 1.165) is 12.8 Å². The summed E-state index contributed by atoms with van der Waals surface area (Å²) in [5, 5.41) is 2.91. The third-order valence-electron chi connectivity index (χ3n) is 4.87. The molecule has 1 aromatic rings. The largest absolute Gasteiger partial charge is 0.465 e. The van der Waals surface area contributed by atoms with Crippen molar-refractivity contribution in [3.8, 4) is 0 Å². The fraction of sp³-hybridized carbons (Fsp3) is 0.632. The van der Waals surface area contributed by atoms with E-state index in [0.29, 0.717) is 47.9 Å². The third-order valence-corrected chi connectivity index (χ3v) is 4.87. The van der Waals surface area contributed by atoms with Crippen LogP contribution in [0, 0.1) is 19.8 Å². The van der Waals surface area contributed by atoms with Crippen LogP contribution in [-0.4, -0.2) is 53.9 Å². The molecule has 0 bridgehead atoms. The zero-order chi connectivity index (χ0) is 19.4. The van der Waals surface area contributed by atoms with Crippen LogP contribution >= 0.6 is 0 Å². The molecule has 2 rings (SSSR count). The highest BCUT2D eigenvalue weighted by Gasteiger charge is 2.29. The summed E-state index contributed by atoms with van der Waals surface area (Å²) in [7, 11) is 1.33. The van der Waals surface area contributed by atoms with Crippen LogP contribution in [0.15, 0.2) is 0 Å². The zero-order valence-corrected chi connectivity index (χ0v) is 16.3. The van der Waals surface area contributed by atoms with Gasteiger partial charge in [0.2, 0.25) is 5.91 Å². The van der Waals surface area contributed by atoms with E-state index in [1.165, 1.54) is 7.11 Å². The number of aryl methyl sites for hydroxylation is 1. The fourth-order valence-corrected chi connectivity index (χ4v) is 3.51. The molecule has 2 N–H and O–H groups in total. The summed E-state index contributed by atoms with van der Waals surface area (Å²) < 4.78 is 4.79. The van der Waals surface area contributed by atoms with E-state index >= 15 is 0 Å². The Morgan fingerprint density at radius 1 is 1.23 bits per heavy atom. The maximum atomic E-state index is 12.8. The van der Waals surface area contributed by atoms with Crippen LogP contribution in [0.2, 0.25) is 0 Å². The maximum absolute atomic E-state index is 12.8. The van der Waals surface area contributed by atoms with Gasteiger partial charge in [-0.2, -0.15) is 0 Å². The molecule has 0 saturated carbocycles. The third kappa shape index (κ3) is 4.45. The lowest BCUT2D eigenvalue weighted by atomic mass is 9.93. The number of aromatic amines is 1. The number of amides is 2. The monoisotopic (exact) mass is 363 g/mol. The quantitative estimate of drug-likeness (QED) is 0.785. The van der Waals surface area contributed by atoms with E-state index in [9.17, 15) is 14.4 Å². The van der Waals surface area contributed by atoms with Crippen LogP contribution in [0.25, 0.3) is 0 Å². The molecule has 0 aliphatic carbocycles. The smallest absolute Gasteiger partial charge is 0.339 e. The van der Waals surface area contributed by atoms with Gasteiger partial charge in [-0.1, -0.05) is 0 Å². The van der Waals surface area contributed by atoms with Crippen molar-refractivity contribution in [2.75, 3.05) is 20.2 Å². The Morgan fingerprint density at radius 2 is 1.85 bits per heavy atom. The van der Waals surface area contributed by atoms with Gasteiger partial charge in [0.15, 0.2) is 0 Å². The predicted molar refractivity (Wildman–Crippen MR) is 98.1 cm³/mol. The Kier molecular flexibility index (Phi) is 6.45. The van der Waals surface area contributed by atoms with E-state index in [2.05, 4.69) is 10.3 Å². The van der Waals surface area contributed by atoms with Crippen LogP contribution in [-0.2, 0) is 9.53 Å². The number of carbonyl (C=O) groups is 3. The van der Waals surface area contributed by atoms with E-state index in [4.69, 9.17) is 4.74 Å². The summed E-state index contributed by atoms with van der Waals surface area (Å²) in [5.41, 5.74) is 2.13. The molecular weight excluding hydrogens is 334 g/mol. The molecule has 1 saturated heterocycles. The maximum Gasteiger partial charge on any atom is 0.339 e. The van der Waals surface area contributed by atoms with E-state index in [-0.39, 0.29) is 17.9 Å². The molecule has 1 fully saturated rings. The number of piperidine rings is 1. The van der Waals surface area contributed by atoms with Gasteiger partial charge in [-0.25, -0.2) is 4.79 Å². The molecule has 0 radical (unpaired) electrons. The molecule has 0 aromatic carbocycles. The van der Waals surface area contributed by atoms with E-state index in [1.807, 2.05) is 13.8 Å². The van der Waals surface area contributed by atoms with Gasteiger partial charge in [0.1, 0.15) is 5.69 Å². The van der Waals surface area contributed by atoms with Gasteiger partial charge in [-0.3, -0.25) is 9.59 Å².